The van der Waals surface area contributed by atoms with Gasteiger partial charge in [-0.1, -0.05) is 0 Å². The van der Waals surface area contributed by atoms with Gasteiger partial charge in [0.1, 0.15) is 6.61 Å². The maximum absolute atomic E-state index is 9.20. The van der Waals surface area contributed by atoms with Crippen molar-refractivity contribution in [2.24, 2.45) is 0 Å². The Kier molecular flexibility index (Phi) is 54.3. The van der Waals surface area contributed by atoms with Crippen LogP contribution in [0.15, 0.2) is 0 Å². The zero-order chi connectivity index (χ0) is 9.49. The molecule has 0 fully saturated rings. The third-order valence-electron chi connectivity index (χ3n) is 0.182. The van der Waals surface area contributed by atoms with Crippen LogP contribution in [0.2, 0.25) is 0 Å². The van der Waals surface area contributed by atoms with Crippen LogP contribution in [0.1, 0.15) is 1.43 Å². The van der Waals surface area contributed by atoms with Gasteiger partial charge in [-0.3, -0.25) is 5.26 Å². The summed E-state index contributed by atoms with van der Waals surface area (Å²) >= 11 is -6.02. The van der Waals surface area contributed by atoms with Gasteiger partial charge in [0.2, 0.25) is 0 Å². The molecule has 0 bridgehead atoms. The van der Waals surface area contributed by atoms with E-state index in [1.165, 1.54) is 0 Å². The van der Waals surface area contributed by atoms with Gasteiger partial charge in [0.15, 0.2) is 0 Å². The van der Waals surface area contributed by atoms with E-state index >= 15 is 0 Å². The minimum atomic E-state index is -6.02. The summed E-state index contributed by atoms with van der Waals surface area (Å²) in [6.45, 7) is -0.764. The van der Waals surface area contributed by atoms with E-state index in [9.17, 15) is 9.90 Å². The number of carboxylic acid groups (broad SMARTS) is 1. The third kappa shape index (κ3) is 102. The fraction of sp³-hybridized carbons (Fsp3) is 0.500. The van der Waals surface area contributed by atoms with Crippen LogP contribution in [0.5, 0.6) is 0 Å². The molecule has 5 N–H and O–H groups in total. The monoisotopic (exact) mass is 429 g/mol. The van der Waals surface area contributed by atoms with Crippen molar-refractivity contribution >= 4 is 5.97 Å². The summed E-state index contributed by atoms with van der Waals surface area (Å²) < 4.78 is 34.5. The van der Waals surface area contributed by atoms with Gasteiger partial charge in [-0.25, -0.2) is 4.89 Å². The fourth-order valence-electron chi connectivity index (χ4n) is 0.0527. The second kappa shape index (κ2) is 22.5. The molecule has 0 aliphatic carbocycles. The van der Waals surface area contributed by atoms with Gasteiger partial charge in [0.25, 0.3) is 0 Å². The van der Waals surface area contributed by atoms with Gasteiger partial charge in [-0.05, 0) is 0 Å². The Morgan fingerprint density at radius 2 is 1.53 bits per heavy atom. The quantitative estimate of drug-likeness (QED) is 0.246. The second-order valence-electron chi connectivity index (χ2n) is 1.05. The van der Waals surface area contributed by atoms with E-state index in [1.807, 2.05) is 0 Å². The molecule has 0 amide bonds. The molecule has 0 heterocycles. The Labute approximate surface area is 186 Å². The Hall–Kier alpha value is 3.31. The molecule has 0 aromatic heterocycles. The molecule has 0 unspecified atom stereocenters. The summed E-state index contributed by atoms with van der Waals surface area (Å²) in [5, 5.41) is 16.5. The number of carbonyl (C=O) groups is 1. The van der Waals surface area contributed by atoms with Crippen LogP contribution in [0.25, 0.3) is 0 Å². The molecule has 84 valence electrons. The summed E-state index contributed by atoms with van der Waals surface area (Å²) in [7, 11) is 0. The maximum atomic E-state index is 9.20. The fourth-order valence-corrected chi connectivity index (χ4v) is 0.0527. The van der Waals surface area contributed by atoms with Crippen LogP contribution >= 0.6 is 0 Å². The number of carbonyl (C=O) groups excluding carboxylic acids is 1. The number of carboxylic acids is 1. The van der Waals surface area contributed by atoms with Gasteiger partial charge in [0.05, 0.1) is 5.97 Å². The van der Waals surface area contributed by atoms with Crippen molar-refractivity contribution in [1.29, 1.82) is 0 Å². The first-order valence-corrected chi connectivity index (χ1v) is 5.18. The molecule has 0 radical (unpaired) electrons. The van der Waals surface area contributed by atoms with Crippen molar-refractivity contribution in [3.05, 3.63) is 0 Å². The Morgan fingerprint density at radius 3 is 1.53 bits per heavy atom. The number of halogens is 1. The summed E-state index contributed by atoms with van der Waals surface area (Å²) in [6, 6.07) is 0. The molecule has 0 spiro atoms. The zero-order valence-electron chi connectivity index (χ0n) is 9.30. The molecule has 0 saturated carbocycles. The summed E-state index contributed by atoms with van der Waals surface area (Å²) in [5.74, 6) is -1.43. The zero-order valence-corrected chi connectivity index (χ0v) is 18.1. The number of hydrogen-bond acceptors (Lipinski definition) is 8. The average Bonchev–Trinajstić information content (AvgIpc) is 1.58. The Morgan fingerprint density at radius 1 is 1.33 bits per heavy atom. The Balaban J connectivity index is -0.0000000155. The summed E-state index contributed by atoms with van der Waals surface area (Å²) in [4.78, 5) is 12.3. The molecule has 9 nitrogen and oxygen atoms in total. The van der Waals surface area contributed by atoms with Crippen LogP contribution in [0.4, 0.5) is 0 Å². The van der Waals surface area contributed by atoms with Crippen LogP contribution in [-0.2, 0) is 33.2 Å². The minimum absolute atomic E-state index is 0. The topological polar surface area (TPSA) is 186 Å². The van der Waals surface area contributed by atoms with Crippen molar-refractivity contribution < 1.29 is 172 Å². The number of hydrogen-bond donors (Lipinski definition) is 2. The molecular formula is C2H8BrK2MoNO8. The van der Waals surface area contributed by atoms with E-state index in [2.05, 4.69) is 4.89 Å². The van der Waals surface area contributed by atoms with E-state index in [4.69, 9.17) is 19.6 Å². The standard InChI is InChI=1S/C2H4O4.BrH.2K.Mo.H3N.4O/c3-2(4)1-6-5;;;;;;;;;/h5H,1H2,(H,3,4);1H;;;;1H3;;;;/q;;2*+1;;;;;2*-1. The first-order chi connectivity index (χ1) is 4.77. The molecular weight excluding hydrogens is 420 g/mol. The van der Waals surface area contributed by atoms with Gasteiger partial charge in [-0.2, -0.15) is 0 Å². The molecule has 0 rings (SSSR count). The number of quaternary nitrogens is 1. The molecule has 13 heteroatoms. The van der Waals surface area contributed by atoms with Crippen LogP contribution in [-0.4, -0.2) is 17.8 Å². The molecule has 15 heavy (non-hydrogen) atoms. The van der Waals surface area contributed by atoms with Crippen molar-refractivity contribution in [1.82, 2.24) is 6.15 Å². The van der Waals surface area contributed by atoms with Gasteiger partial charge >= 0.3 is 135 Å². The van der Waals surface area contributed by atoms with Crippen molar-refractivity contribution in [3.63, 3.8) is 0 Å². The van der Waals surface area contributed by atoms with Crippen LogP contribution in [0, 0.1) is 0 Å². The molecule has 0 aliphatic heterocycles. The van der Waals surface area contributed by atoms with Crippen LogP contribution in [0.3, 0.4) is 0 Å². The average molecular weight is 428 g/mol. The van der Waals surface area contributed by atoms with E-state index in [0.29, 0.717) is 0 Å². The van der Waals surface area contributed by atoms with E-state index in [1.54, 1.807) is 0 Å². The van der Waals surface area contributed by atoms with E-state index in [0.717, 1.165) is 0 Å². The molecule has 0 aromatic rings. The predicted molar refractivity (Wildman–Crippen MR) is 22.1 cm³/mol. The van der Waals surface area contributed by atoms with Gasteiger partial charge < -0.3 is 33.0 Å². The molecule has 0 saturated heterocycles. The number of rotatable bonds is 2. The SMILES string of the molecule is O=C([O-])COO.[Br-].[H+].[K+].[K+].[NH4+].[O]=[Mo](=[O])([O-])[O-]. The summed E-state index contributed by atoms with van der Waals surface area (Å²) in [5.41, 5.74) is 0. The predicted octanol–water partition coefficient (Wildman–Crippen LogP) is -12.9. The Bertz CT molecular complexity index is 206. The van der Waals surface area contributed by atoms with E-state index in [-0.39, 0.29) is 127 Å². The van der Waals surface area contributed by atoms with Crippen molar-refractivity contribution in [2.75, 3.05) is 6.61 Å². The van der Waals surface area contributed by atoms with Crippen molar-refractivity contribution in [3.8, 4) is 0 Å². The van der Waals surface area contributed by atoms with Gasteiger partial charge in [-0.15, -0.1) is 0 Å². The molecule has 0 aliphatic rings. The first-order valence-electron chi connectivity index (χ1n) is 1.90. The second-order valence-corrected chi connectivity index (χ2v) is 3.06. The van der Waals surface area contributed by atoms with Crippen molar-refractivity contribution in [2.45, 2.75) is 0 Å². The normalized spacial score (nSPS) is 7.13. The van der Waals surface area contributed by atoms with Crippen LogP contribution < -0.4 is 139 Å². The third-order valence-corrected chi connectivity index (χ3v) is 0.182. The van der Waals surface area contributed by atoms with Gasteiger partial charge in [0, 0.05) is 0 Å². The van der Waals surface area contributed by atoms with E-state index < -0.39 is 29.3 Å². The first kappa shape index (κ1) is 36.2. The molecule has 0 aromatic carbocycles. The number of aliphatic carboxylic acids is 1. The molecule has 0 atom stereocenters. The summed E-state index contributed by atoms with van der Waals surface area (Å²) in [6.07, 6.45) is 0.